The number of nitrogens with zero attached hydrogens (tertiary/aromatic N) is 2. The molecule has 0 N–H and O–H groups in total. The number of benzene rings is 1. The number of ether oxygens (including phenoxy) is 1. The van der Waals surface area contributed by atoms with Crippen molar-refractivity contribution >= 4 is 0 Å². The topological polar surface area (TPSA) is 36.3 Å². The molecule has 0 atom stereocenters. The lowest BCUT2D eigenvalue weighted by molar-refractivity contribution is 0.195. The number of rotatable bonds is 4. The van der Waals surface area contributed by atoms with Crippen LogP contribution in [0.3, 0.4) is 0 Å². The van der Waals surface area contributed by atoms with Crippen LogP contribution in [0.4, 0.5) is 0 Å². The maximum Gasteiger partial charge on any atom is 0.120 e. The van der Waals surface area contributed by atoms with Crippen molar-refractivity contribution in [2.24, 2.45) is 0 Å². The summed E-state index contributed by atoms with van der Waals surface area (Å²) in [7, 11) is 0. The van der Waals surface area contributed by atoms with Crippen LogP contribution < -0.4 is 4.74 Å². The van der Waals surface area contributed by atoms with Crippen LogP contribution in [-0.4, -0.2) is 31.1 Å². The predicted octanol–water partition coefficient (Wildman–Crippen LogP) is 3.20. The third-order valence-corrected chi connectivity index (χ3v) is 3.59. The van der Waals surface area contributed by atoms with Gasteiger partial charge in [0.25, 0.3) is 0 Å². The van der Waals surface area contributed by atoms with Gasteiger partial charge in [-0.05, 0) is 44.1 Å². The molecule has 0 saturated carbocycles. The van der Waals surface area contributed by atoms with Crippen molar-refractivity contribution in [3.05, 3.63) is 29.8 Å². The van der Waals surface area contributed by atoms with Crippen LogP contribution in [0.15, 0.2) is 24.3 Å². The van der Waals surface area contributed by atoms with E-state index in [4.69, 9.17) is 10.00 Å². The minimum Gasteiger partial charge on any atom is -0.492 e. The van der Waals surface area contributed by atoms with Gasteiger partial charge in [-0.25, -0.2) is 0 Å². The van der Waals surface area contributed by atoms with Gasteiger partial charge in [-0.2, -0.15) is 5.26 Å². The molecule has 1 aliphatic rings. The maximum atomic E-state index is 8.84. The summed E-state index contributed by atoms with van der Waals surface area (Å²) in [5, 5.41) is 8.84. The number of likely N-dealkylation sites (tertiary alicyclic amines) is 1. The Balaban J connectivity index is 1.74. The summed E-state index contributed by atoms with van der Waals surface area (Å²) < 4.78 is 5.73. The van der Waals surface area contributed by atoms with Crippen LogP contribution in [0.5, 0.6) is 5.75 Å². The Morgan fingerprint density at radius 3 is 2.58 bits per heavy atom. The van der Waals surface area contributed by atoms with Gasteiger partial charge in [0.2, 0.25) is 0 Å². The van der Waals surface area contributed by atoms with E-state index in [2.05, 4.69) is 11.0 Å². The molecule has 0 unspecified atom stereocenters. The summed E-state index contributed by atoms with van der Waals surface area (Å²) in [5.41, 5.74) is 0.656. The van der Waals surface area contributed by atoms with Gasteiger partial charge in [0.15, 0.2) is 0 Å². The van der Waals surface area contributed by atoms with Crippen molar-refractivity contribution in [3.63, 3.8) is 0 Å². The molecule has 3 nitrogen and oxygen atoms in total. The third-order valence-electron chi connectivity index (χ3n) is 3.59. The highest BCUT2D eigenvalue weighted by molar-refractivity contribution is 5.36. The molecular weight excluding hydrogens is 236 g/mol. The second-order valence-electron chi connectivity index (χ2n) is 5.10. The normalized spacial score (nSPS) is 17.2. The third kappa shape index (κ3) is 4.92. The van der Waals surface area contributed by atoms with Crippen LogP contribution in [0, 0.1) is 11.3 Å². The predicted molar refractivity (Wildman–Crippen MR) is 76.2 cm³/mol. The summed E-state index contributed by atoms with van der Waals surface area (Å²) in [5.74, 6) is 0.797. The van der Waals surface area contributed by atoms with Crippen molar-refractivity contribution in [1.29, 1.82) is 5.26 Å². The molecule has 1 aromatic rings. The van der Waals surface area contributed by atoms with E-state index in [0.717, 1.165) is 12.3 Å². The van der Waals surface area contributed by atoms with E-state index in [1.165, 1.54) is 45.2 Å². The van der Waals surface area contributed by atoms with Gasteiger partial charge in [0, 0.05) is 6.54 Å². The zero-order chi connectivity index (χ0) is 13.3. The molecule has 1 aromatic carbocycles. The average Bonchev–Trinajstić information content (AvgIpc) is 2.41. The lowest BCUT2D eigenvalue weighted by Gasteiger charge is -2.24. The fourth-order valence-electron chi connectivity index (χ4n) is 2.48. The summed E-state index contributed by atoms with van der Waals surface area (Å²) in [6.07, 6.45) is 6.74. The van der Waals surface area contributed by atoms with Gasteiger partial charge in [0.05, 0.1) is 11.6 Å². The van der Waals surface area contributed by atoms with E-state index >= 15 is 0 Å². The van der Waals surface area contributed by atoms with Gasteiger partial charge in [0.1, 0.15) is 12.4 Å². The molecule has 1 aliphatic heterocycles. The van der Waals surface area contributed by atoms with Crippen molar-refractivity contribution in [1.82, 2.24) is 4.90 Å². The van der Waals surface area contributed by atoms with Crippen LogP contribution in [0.1, 0.15) is 37.7 Å². The Bertz CT molecular complexity index is 417. The van der Waals surface area contributed by atoms with Crippen LogP contribution in [0.25, 0.3) is 0 Å². The zero-order valence-electron chi connectivity index (χ0n) is 11.5. The van der Waals surface area contributed by atoms with E-state index in [-0.39, 0.29) is 0 Å². The van der Waals surface area contributed by atoms with E-state index < -0.39 is 0 Å². The van der Waals surface area contributed by atoms with Gasteiger partial charge in [-0.3, -0.25) is 4.90 Å². The monoisotopic (exact) mass is 258 g/mol. The molecule has 0 radical (unpaired) electrons. The second-order valence-corrected chi connectivity index (χ2v) is 5.10. The Morgan fingerprint density at radius 2 is 1.84 bits per heavy atom. The number of nitriles is 1. The highest BCUT2D eigenvalue weighted by atomic mass is 16.5. The molecule has 3 heteroatoms. The van der Waals surface area contributed by atoms with Crippen LogP contribution >= 0.6 is 0 Å². The van der Waals surface area contributed by atoms with Gasteiger partial charge in [-0.1, -0.05) is 25.3 Å². The SMILES string of the molecule is N#Cc1cccc(OCCN2CCCCCCC2)c1. The van der Waals surface area contributed by atoms with Crippen molar-refractivity contribution in [2.75, 3.05) is 26.2 Å². The molecule has 1 saturated heterocycles. The van der Waals surface area contributed by atoms with Gasteiger partial charge in [-0.15, -0.1) is 0 Å². The molecule has 0 aliphatic carbocycles. The Hall–Kier alpha value is -1.53. The van der Waals surface area contributed by atoms with E-state index in [9.17, 15) is 0 Å². The molecule has 0 amide bonds. The number of hydrogen-bond acceptors (Lipinski definition) is 3. The number of hydrogen-bond donors (Lipinski definition) is 0. The minimum atomic E-state index is 0.656. The quantitative estimate of drug-likeness (QED) is 0.832. The highest BCUT2D eigenvalue weighted by Gasteiger charge is 2.07. The Labute approximate surface area is 115 Å². The van der Waals surface area contributed by atoms with Crippen LogP contribution in [0.2, 0.25) is 0 Å². The molecule has 0 aromatic heterocycles. The summed E-state index contributed by atoms with van der Waals surface area (Å²) in [4.78, 5) is 2.49. The first-order valence-electron chi connectivity index (χ1n) is 7.24. The van der Waals surface area contributed by atoms with Gasteiger partial charge >= 0.3 is 0 Å². The van der Waals surface area contributed by atoms with Crippen molar-refractivity contribution < 1.29 is 4.74 Å². The molecule has 0 spiro atoms. The van der Waals surface area contributed by atoms with E-state index in [0.29, 0.717) is 12.2 Å². The first kappa shape index (κ1) is 13.9. The van der Waals surface area contributed by atoms with Gasteiger partial charge < -0.3 is 4.74 Å². The summed E-state index contributed by atoms with van der Waals surface area (Å²) in [6.45, 7) is 4.08. The molecule has 2 rings (SSSR count). The average molecular weight is 258 g/mol. The lowest BCUT2D eigenvalue weighted by Crippen LogP contribution is -2.31. The maximum absolute atomic E-state index is 8.84. The fraction of sp³-hybridized carbons (Fsp3) is 0.562. The molecule has 102 valence electrons. The molecule has 19 heavy (non-hydrogen) atoms. The smallest absolute Gasteiger partial charge is 0.120 e. The van der Waals surface area contributed by atoms with Crippen molar-refractivity contribution in [2.45, 2.75) is 32.1 Å². The van der Waals surface area contributed by atoms with E-state index in [1.54, 1.807) is 12.1 Å². The molecule has 0 bridgehead atoms. The van der Waals surface area contributed by atoms with Crippen molar-refractivity contribution in [3.8, 4) is 11.8 Å². The first-order chi connectivity index (χ1) is 9.38. The molecular formula is C16H22N2O. The minimum absolute atomic E-state index is 0.656. The van der Waals surface area contributed by atoms with E-state index in [1.807, 2.05) is 12.1 Å². The zero-order valence-corrected chi connectivity index (χ0v) is 11.5. The standard InChI is InChI=1S/C16H22N2O/c17-14-15-7-6-8-16(13-15)19-12-11-18-9-4-2-1-3-5-10-18/h6-8,13H,1-5,9-12H2. The molecule has 1 heterocycles. The summed E-state index contributed by atoms with van der Waals surface area (Å²) >= 11 is 0. The Morgan fingerprint density at radius 1 is 1.11 bits per heavy atom. The largest absolute Gasteiger partial charge is 0.492 e. The summed E-state index contributed by atoms with van der Waals surface area (Å²) in [6, 6.07) is 9.50. The Kier molecular flexibility index (Phi) is 5.71. The highest BCUT2D eigenvalue weighted by Crippen LogP contribution is 2.13. The molecule has 1 fully saturated rings. The first-order valence-corrected chi connectivity index (χ1v) is 7.24. The fourth-order valence-corrected chi connectivity index (χ4v) is 2.48. The second kappa shape index (κ2) is 7.81. The lowest BCUT2D eigenvalue weighted by atomic mass is 10.1. The van der Waals surface area contributed by atoms with Crippen LogP contribution in [-0.2, 0) is 0 Å².